The number of amides is 1. The Balaban J connectivity index is 1.57. The van der Waals surface area contributed by atoms with Crippen LogP contribution in [0.2, 0.25) is 0 Å². The van der Waals surface area contributed by atoms with E-state index < -0.39 is 5.82 Å². The fourth-order valence-electron chi connectivity index (χ4n) is 2.48. The van der Waals surface area contributed by atoms with Gasteiger partial charge >= 0.3 is 0 Å². The van der Waals surface area contributed by atoms with E-state index in [4.69, 9.17) is 9.47 Å². The van der Waals surface area contributed by atoms with Crippen LogP contribution in [0.15, 0.2) is 66.9 Å². The average Bonchev–Trinajstić information content (AvgIpc) is 2.71. The lowest BCUT2D eigenvalue weighted by atomic mass is 10.1. The molecule has 138 valence electrons. The van der Waals surface area contributed by atoms with E-state index in [1.807, 2.05) is 42.5 Å². The zero-order valence-corrected chi connectivity index (χ0v) is 14.8. The largest absolute Gasteiger partial charge is 0.494 e. The molecular weight excluding hydrogens is 347 g/mol. The maximum Gasteiger partial charge on any atom is 0.251 e. The van der Waals surface area contributed by atoms with Gasteiger partial charge in [0.15, 0.2) is 11.6 Å². The van der Waals surface area contributed by atoms with Gasteiger partial charge in [0.05, 0.1) is 12.8 Å². The van der Waals surface area contributed by atoms with Crippen LogP contribution in [-0.4, -0.2) is 18.0 Å². The summed E-state index contributed by atoms with van der Waals surface area (Å²) in [5.74, 6) is -0.154. The average molecular weight is 366 g/mol. The molecule has 3 rings (SSSR count). The number of halogens is 1. The van der Waals surface area contributed by atoms with Crippen LogP contribution >= 0.6 is 0 Å². The second kappa shape index (κ2) is 8.80. The third-order valence-electron chi connectivity index (χ3n) is 3.88. The number of rotatable bonds is 7. The van der Waals surface area contributed by atoms with Crippen LogP contribution in [0.3, 0.4) is 0 Å². The van der Waals surface area contributed by atoms with Crippen molar-refractivity contribution in [3.8, 4) is 11.5 Å². The highest BCUT2D eigenvalue weighted by Gasteiger charge is 2.10. The normalized spacial score (nSPS) is 10.3. The Bertz CT molecular complexity index is 916. The molecular formula is C21H19FN2O3. The number of carbonyl (C=O) groups is 1. The first-order valence-corrected chi connectivity index (χ1v) is 8.39. The molecule has 0 aliphatic heterocycles. The maximum absolute atomic E-state index is 13.7. The second-order valence-corrected chi connectivity index (χ2v) is 5.79. The molecule has 1 aromatic heterocycles. The van der Waals surface area contributed by atoms with Crippen LogP contribution in [0.25, 0.3) is 0 Å². The van der Waals surface area contributed by atoms with E-state index in [1.165, 1.54) is 19.2 Å². The molecule has 6 heteroatoms. The molecule has 2 aromatic carbocycles. The van der Waals surface area contributed by atoms with Crippen molar-refractivity contribution in [2.24, 2.45) is 0 Å². The molecule has 0 spiro atoms. The fourth-order valence-corrected chi connectivity index (χ4v) is 2.48. The molecule has 5 nitrogen and oxygen atoms in total. The minimum atomic E-state index is -0.574. The molecule has 0 aliphatic rings. The van der Waals surface area contributed by atoms with Crippen molar-refractivity contribution in [2.45, 2.75) is 13.2 Å². The Morgan fingerprint density at radius 2 is 2.00 bits per heavy atom. The lowest BCUT2D eigenvalue weighted by Gasteiger charge is -2.09. The zero-order valence-electron chi connectivity index (χ0n) is 14.8. The third kappa shape index (κ3) is 5.04. The van der Waals surface area contributed by atoms with Gasteiger partial charge in [0.25, 0.3) is 5.91 Å². The number of pyridine rings is 1. The predicted molar refractivity (Wildman–Crippen MR) is 99.1 cm³/mol. The van der Waals surface area contributed by atoms with E-state index in [0.717, 1.165) is 17.3 Å². The van der Waals surface area contributed by atoms with Gasteiger partial charge in [0.2, 0.25) is 0 Å². The monoisotopic (exact) mass is 366 g/mol. The molecule has 27 heavy (non-hydrogen) atoms. The first kappa shape index (κ1) is 18.4. The highest BCUT2D eigenvalue weighted by molar-refractivity contribution is 5.94. The van der Waals surface area contributed by atoms with Crippen molar-refractivity contribution in [1.82, 2.24) is 10.3 Å². The number of nitrogens with zero attached hydrogens (tertiary/aromatic N) is 1. The lowest BCUT2D eigenvalue weighted by molar-refractivity contribution is 0.0950. The molecule has 3 aromatic rings. The number of aromatic nitrogens is 1. The number of carbonyl (C=O) groups excluding carboxylic acids is 1. The number of methoxy groups -OCH3 is 1. The van der Waals surface area contributed by atoms with Crippen molar-refractivity contribution in [2.75, 3.05) is 7.11 Å². The van der Waals surface area contributed by atoms with Crippen molar-refractivity contribution in [3.63, 3.8) is 0 Å². The molecule has 0 atom stereocenters. The Hall–Kier alpha value is -3.41. The van der Waals surface area contributed by atoms with Crippen LogP contribution in [0, 0.1) is 5.82 Å². The Labute approximate surface area is 156 Å². The summed E-state index contributed by atoms with van der Waals surface area (Å²) < 4.78 is 24.3. The summed E-state index contributed by atoms with van der Waals surface area (Å²) in [4.78, 5) is 16.4. The van der Waals surface area contributed by atoms with Crippen LogP contribution < -0.4 is 14.8 Å². The summed E-state index contributed by atoms with van der Waals surface area (Å²) >= 11 is 0. The SMILES string of the molecule is COc1ccc(C(=O)NCc2cccc(OCc3ccccn3)c2)cc1F. The number of nitrogens with one attached hydrogen (secondary N) is 1. The van der Waals surface area contributed by atoms with Gasteiger partial charge in [-0.05, 0) is 48.0 Å². The lowest BCUT2D eigenvalue weighted by Crippen LogP contribution is -2.22. The standard InChI is InChI=1S/C21H19FN2O3/c1-26-20-9-8-16(12-19(20)22)21(25)24-13-15-5-4-7-18(11-15)27-14-17-6-2-3-10-23-17/h2-12H,13-14H2,1H3,(H,24,25). The molecule has 1 N–H and O–H groups in total. The molecule has 0 aliphatic carbocycles. The van der Waals surface area contributed by atoms with Crippen LogP contribution in [0.1, 0.15) is 21.6 Å². The van der Waals surface area contributed by atoms with Gasteiger partial charge in [-0.1, -0.05) is 18.2 Å². The smallest absolute Gasteiger partial charge is 0.251 e. The van der Waals surface area contributed by atoms with Gasteiger partial charge in [-0.25, -0.2) is 4.39 Å². The predicted octanol–water partition coefficient (Wildman–Crippen LogP) is 3.74. The van der Waals surface area contributed by atoms with Gasteiger partial charge in [0.1, 0.15) is 12.4 Å². The molecule has 1 heterocycles. The van der Waals surface area contributed by atoms with Crippen LogP contribution in [0.5, 0.6) is 11.5 Å². The molecule has 0 fully saturated rings. The van der Waals surface area contributed by atoms with Gasteiger partial charge in [-0.15, -0.1) is 0 Å². The number of hydrogen-bond donors (Lipinski definition) is 1. The minimum absolute atomic E-state index is 0.101. The summed E-state index contributed by atoms with van der Waals surface area (Å²) in [5.41, 5.74) is 1.93. The Morgan fingerprint density at radius 1 is 1.11 bits per heavy atom. The van der Waals surface area contributed by atoms with E-state index >= 15 is 0 Å². The second-order valence-electron chi connectivity index (χ2n) is 5.79. The van der Waals surface area contributed by atoms with Crippen LogP contribution in [0.4, 0.5) is 4.39 Å². The van der Waals surface area contributed by atoms with Gasteiger partial charge in [-0.2, -0.15) is 0 Å². The summed E-state index contributed by atoms with van der Waals surface area (Å²) in [7, 11) is 1.38. The van der Waals surface area contributed by atoms with Crippen molar-refractivity contribution in [3.05, 3.63) is 89.5 Å². The van der Waals surface area contributed by atoms with Gasteiger partial charge in [-0.3, -0.25) is 9.78 Å². The maximum atomic E-state index is 13.7. The van der Waals surface area contributed by atoms with E-state index in [1.54, 1.807) is 6.20 Å². The quantitative estimate of drug-likeness (QED) is 0.692. The van der Waals surface area contributed by atoms with Crippen molar-refractivity contribution < 1.29 is 18.7 Å². The molecule has 0 saturated carbocycles. The summed E-state index contributed by atoms with van der Waals surface area (Å²) in [5, 5.41) is 2.77. The third-order valence-corrected chi connectivity index (χ3v) is 3.88. The molecule has 0 saturated heterocycles. The summed E-state index contributed by atoms with van der Waals surface area (Å²) in [6, 6.07) is 17.1. The highest BCUT2D eigenvalue weighted by atomic mass is 19.1. The number of ether oxygens (including phenoxy) is 2. The van der Waals surface area contributed by atoms with E-state index in [0.29, 0.717) is 18.9 Å². The first-order chi connectivity index (χ1) is 13.2. The first-order valence-electron chi connectivity index (χ1n) is 8.39. The summed E-state index contributed by atoms with van der Waals surface area (Å²) in [6.45, 7) is 0.662. The minimum Gasteiger partial charge on any atom is -0.494 e. The van der Waals surface area contributed by atoms with E-state index in [-0.39, 0.29) is 17.2 Å². The van der Waals surface area contributed by atoms with Gasteiger partial charge < -0.3 is 14.8 Å². The molecule has 0 radical (unpaired) electrons. The topological polar surface area (TPSA) is 60.5 Å². The van der Waals surface area contributed by atoms with E-state index in [2.05, 4.69) is 10.3 Å². The summed E-state index contributed by atoms with van der Waals surface area (Å²) in [6.07, 6.45) is 1.71. The zero-order chi connectivity index (χ0) is 19.1. The molecule has 1 amide bonds. The number of hydrogen-bond acceptors (Lipinski definition) is 4. The number of benzene rings is 2. The Kier molecular flexibility index (Phi) is 5.99. The van der Waals surface area contributed by atoms with E-state index in [9.17, 15) is 9.18 Å². The Morgan fingerprint density at radius 3 is 2.74 bits per heavy atom. The molecule has 0 bridgehead atoms. The highest BCUT2D eigenvalue weighted by Crippen LogP contribution is 2.18. The van der Waals surface area contributed by atoms with Crippen molar-refractivity contribution >= 4 is 5.91 Å². The van der Waals surface area contributed by atoms with Gasteiger partial charge in [0, 0.05) is 18.3 Å². The van der Waals surface area contributed by atoms with Crippen molar-refractivity contribution in [1.29, 1.82) is 0 Å². The molecule has 0 unspecified atom stereocenters. The van der Waals surface area contributed by atoms with Crippen LogP contribution in [-0.2, 0) is 13.2 Å². The fraction of sp³-hybridized carbons (Fsp3) is 0.143.